The van der Waals surface area contributed by atoms with Gasteiger partial charge >= 0.3 is 0 Å². The van der Waals surface area contributed by atoms with Crippen LogP contribution < -0.4 is 0 Å². The van der Waals surface area contributed by atoms with Crippen LogP contribution in [0.5, 0.6) is 0 Å². The zero-order valence-electron chi connectivity index (χ0n) is 8.98. The molecule has 1 aliphatic heterocycles. The molecule has 2 atom stereocenters. The van der Waals surface area contributed by atoms with Gasteiger partial charge in [0.15, 0.2) is 0 Å². The third-order valence-electron chi connectivity index (χ3n) is 3.66. The Kier molecular flexibility index (Phi) is 4.49. The van der Waals surface area contributed by atoms with Crippen LogP contribution in [-0.2, 0) is 4.74 Å². The van der Waals surface area contributed by atoms with Gasteiger partial charge in [-0.05, 0) is 24.7 Å². The highest BCUT2D eigenvalue weighted by Gasteiger charge is 2.45. The van der Waals surface area contributed by atoms with E-state index in [0.717, 1.165) is 18.4 Å². The summed E-state index contributed by atoms with van der Waals surface area (Å²) in [7, 11) is 0. The third-order valence-corrected chi connectivity index (χ3v) is 4.80. The largest absolute Gasteiger partial charge is 0.374 e. The molecule has 0 amide bonds. The van der Waals surface area contributed by atoms with E-state index >= 15 is 0 Å². The molecule has 1 saturated heterocycles. The Bertz CT molecular complexity index is 154. The zero-order valence-corrected chi connectivity index (χ0v) is 11.1. The molecule has 0 bridgehead atoms. The van der Waals surface area contributed by atoms with Crippen molar-refractivity contribution in [3.8, 4) is 0 Å². The Balaban J connectivity index is 2.75. The van der Waals surface area contributed by atoms with E-state index in [0.29, 0.717) is 0 Å². The van der Waals surface area contributed by atoms with Crippen molar-refractivity contribution in [2.24, 2.45) is 11.8 Å². The van der Waals surface area contributed by atoms with Crippen LogP contribution in [0.4, 0.5) is 0 Å². The number of rotatable bonds is 4. The number of hydrogen-bond acceptors (Lipinski definition) is 1. The molecule has 2 heteroatoms. The maximum Gasteiger partial charge on any atom is 0.0709 e. The van der Waals surface area contributed by atoms with Crippen LogP contribution >= 0.6 is 22.6 Å². The molecule has 0 aromatic rings. The number of ether oxygens (including phenoxy) is 1. The summed E-state index contributed by atoms with van der Waals surface area (Å²) in [5, 5.41) is 0. The molecule has 0 saturated carbocycles. The molecular formula is C11H21IO. The molecule has 0 aromatic carbocycles. The summed E-state index contributed by atoms with van der Waals surface area (Å²) >= 11 is 2.50. The van der Waals surface area contributed by atoms with E-state index in [1.165, 1.54) is 23.7 Å². The normalized spacial score (nSPS) is 32.3. The smallest absolute Gasteiger partial charge is 0.0709 e. The molecule has 0 N–H and O–H groups in total. The zero-order chi connectivity index (χ0) is 9.90. The Morgan fingerprint density at radius 2 is 1.92 bits per heavy atom. The summed E-state index contributed by atoms with van der Waals surface area (Å²) in [4.78, 5) is 0. The fourth-order valence-electron chi connectivity index (χ4n) is 2.76. The summed E-state index contributed by atoms with van der Waals surface area (Å²) in [5.41, 5.74) is 0.213. The van der Waals surface area contributed by atoms with Crippen LogP contribution in [0.25, 0.3) is 0 Å². The van der Waals surface area contributed by atoms with Gasteiger partial charge in [-0.15, -0.1) is 0 Å². The lowest BCUT2D eigenvalue weighted by Crippen LogP contribution is -2.35. The van der Waals surface area contributed by atoms with Crippen LogP contribution in [-0.4, -0.2) is 16.6 Å². The van der Waals surface area contributed by atoms with Crippen LogP contribution in [0, 0.1) is 11.8 Å². The van der Waals surface area contributed by atoms with E-state index < -0.39 is 0 Å². The maximum atomic E-state index is 6.04. The summed E-state index contributed by atoms with van der Waals surface area (Å²) in [6.07, 6.45) is 3.62. The number of hydrogen-bond donors (Lipinski definition) is 0. The highest BCUT2D eigenvalue weighted by atomic mass is 127. The van der Waals surface area contributed by atoms with Gasteiger partial charge in [0, 0.05) is 4.43 Å². The molecule has 1 nitrogen and oxygen atoms in total. The lowest BCUT2D eigenvalue weighted by molar-refractivity contribution is -0.0287. The first kappa shape index (κ1) is 11.8. The first-order valence-electron chi connectivity index (χ1n) is 5.44. The van der Waals surface area contributed by atoms with Crippen LogP contribution in [0.15, 0.2) is 0 Å². The first-order valence-corrected chi connectivity index (χ1v) is 6.96. The van der Waals surface area contributed by atoms with E-state index in [-0.39, 0.29) is 5.60 Å². The van der Waals surface area contributed by atoms with E-state index in [2.05, 4.69) is 43.4 Å². The average molecular weight is 296 g/mol. The maximum absolute atomic E-state index is 6.04. The van der Waals surface area contributed by atoms with Gasteiger partial charge < -0.3 is 4.74 Å². The van der Waals surface area contributed by atoms with Gasteiger partial charge in [0.1, 0.15) is 0 Å². The molecular weight excluding hydrogens is 275 g/mol. The summed E-state index contributed by atoms with van der Waals surface area (Å²) < 4.78 is 7.29. The van der Waals surface area contributed by atoms with Crippen molar-refractivity contribution in [1.29, 1.82) is 0 Å². The fourth-order valence-corrected chi connectivity index (χ4v) is 3.63. The molecule has 2 unspecified atom stereocenters. The second-order valence-electron chi connectivity index (χ2n) is 4.01. The van der Waals surface area contributed by atoms with Gasteiger partial charge in [-0.25, -0.2) is 0 Å². The van der Waals surface area contributed by atoms with Gasteiger partial charge in [0.2, 0.25) is 0 Å². The van der Waals surface area contributed by atoms with Gasteiger partial charge in [-0.1, -0.05) is 49.8 Å². The molecule has 78 valence electrons. The Morgan fingerprint density at radius 3 is 2.31 bits per heavy atom. The van der Waals surface area contributed by atoms with Crippen LogP contribution in [0.3, 0.4) is 0 Å². The first-order chi connectivity index (χ1) is 6.24. The minimum Gasteiger partial charge on any atom is -0.374 e. The SMILES string of the molecule is CCC1C(CI)COC1(CC)CC. The predicted molar refractivity (Wildman–Crippen MR) is 65.4 cm³/mol. The molecule has 0 aliphatic carbocycles. The molecule has 0 aromatic heterocycles. The van der Waals surface area contributed by atoms with Gasteiger partial charge in [-0.3, -0.25) is 0 Å². The van der Waals surface area contributed by atoms with Gasteiger partial charge in [-0.2, -0.15) is 0 Å². The molecule has 13 heavy (non-hydrogen) atoms. The molecule has 1 aliphatic rings. The van der Waals surface area contributed by atoms with E-state index in [9.17, 15) is 0 Å². The predicted octanol–water partition coefficient (Wildman–Crippen LogP) is 3.65. The van der Waals surface area contributed by atoms with Crippen molar-refractivity contribution in [2.75, 3.05) is 11.0 Å². The van der Waals surface area contributed by atoms with E-state index in [1.807, 2.05) is 0 Å². The number of halogens is 1. The quantitative estimate of drug-likeness (QED) is 0.568. The standard InChI is InChI=1S/C11H21IO/c1-4-10-9(7-12)8-13-11(10,5-2)6-3/h9-10H,4-8H2,1-3H3. The second kappa shape index (κ2) is 4.96. The topological polar surface area (TPSA) is 9.23 Å². The lowest BCUT2D eigenvalue weighted by atomic mass is 9.77. The summed E-state index contributed by atoms with van der Waals surface area (Å²) in [6, 6.07) is 0. The number of alkyl halides is 1. The van der Waals surface area contributed by atoms with Crippen molar-refractivity contribution in [2.45, 2.75) is 45.6 Å². The summed E-state index contributed by atoms with van der Waals surface area (Å²) in [5.74, 6) is 1.59. The Labute approximate surface area is 95.8 Å². The van der Waals surface area contributed by atoms with E-state index in [1.54, 1.807) is 0 Å². The average Bonchev–Trinajstić information content (AvgIpc) is 2.55. The summed E-state index contributed by atoms with van der Waals surface area (Å²) in [6.45, 7) is 7.82. The van der Waals surface area contributed by atoms with Crippen molar-refractivity contribution >= 4 is 22.6 Å². The van der Waals surface area contributed by atoms with Crippen LogP contribution in [0.1, 0.15) is 40.0 Å². The van der Waals surface area contributed by atoms with Crippen molar-refractivity contribution in [1.82, 2.24) is 0 Å². The molecule has 0 spiro atoms. The molecule has 1 rings (SSSR count). The highest BCUT2D eigenvalue weighted by molar-refractivity contribution is 14.1. The molecule has 1 heterocycles. The molecule has 1 fully saturated rings. The molecule has 0 radical (unpaired) electrons. The highest BCUT2D eigenvalue weighted by Crippen LogP contribution is 2.43. The fraction of sp³-hybridized carbons (Fsp3) is 1.00. The second-order valence-corrected chi connectivity index (χ2v) is 4.89. The van der Waals surface area contributed by atoms with Crippen molar-refractivity contribution in [3.63, 3.8) is 0 Å². The van der Waals surface area contributed by atoms with E-state index in [4.69, 9.17) is 4.74 Å². The van der Waals surface area contributed by atoms with Gasteiger partial charge in [0.25, 0.3) is 0 Å². The van der Waals surface area contributed by atoms with Crippen LogP contribution in [0.2, 0.25) is 0 Å². The Hall–Kier alpha value is 0.690. The minimum absolute atomic E-state index is 0.213. The third kappa shape index (κ3) is 2.04. The van der Waals surface area contributed by atoms with Crippen molar-refractivity contribution < 1.29 is 4.74 Å². The lowest BCUT2D eigenvalue weighted by Gasteiger charge is -2.33. The van der Waals surface area contributed by atoms with Crippen molar-refractivity contribution in [3.05, 3.63) is 0 Å². The monoisotopic (exact) mass is 296 g/mol. The minimum atomic E-state index is 0.213. The Morgan fingerprint density at radius 1 is 1.31 bits per heavy atom. The van der Waals surface area contributed by atoms with Gasteiger partial charge in [0.05, 0.1) is 12.2 Å².